The smallest absolute Gasteiger partial charge is 0.396 e. The molecular formula is C23H18NO7S2-. The van der Waals surface area contributed by atoms with Crippen LogP contribution in [0.2, 0.25) is 0 Å². The van der Waals surface area contributed by atoms with Crippen LogP contribution in [0.25, 0.3) is 21.1 Å². The molecule has 8 nitrogen and oxygen atoms in total. The van der Waals surface area contributed by atoms with Crippen LogP contribution in [0.15, 0.2) is 68.7 Å². The molecule has 0 aliphatic carbocycles. The van der Waals surface area contributed by atoms with Crippen molar-refractivity contribution in [3.63, 3.8) is 0 Å². The molecule has 33 heavy (non-hydrogen) atoms. The van der Waals surface area contributed by atoms with Crippen LogP contribution in [-0.2, 0) is 14.8 Å². The third-order valence-electron chi connectivity index (χ3n) is 5.14. The number of carboxylic acids is 1. The summed E-state index contributed by atoms with van der Waals surface area (Å²) in [7, 11) is -4.41. The van der Waals surface area contributed by atoms with Gasteiger partial charge in [0.25, 0.3) is 10.0 Å². The number of rotatable bonds is 7. The van der Waals surface area contributed by atoms with Crippen LogP contribution in [0, 0.1) is 0 Å². The minimum absolute atomic E-state index is 0.0131. The first-order valence-electron chi connectivity index (χ1n) is 10.1. The SMILES string of the molecule is CCCCC(=O)N(c1cc2sc(=O)oc2c2ccccc12)S(=O)(=O)c1ccc(C(=O)[O-])cc1. The van der Waals surface area contributed by atoms with E-state index in [1.165, 1.54) is 6.07 Å². The summed E-state index contributed by atoms with van der Waals surface area (Å²) in [6.07, 6.45) is 1.15. The molecule has 4 aromatic rings. The van der Waals surface area contributed by atoms with Crippen molar-refractivity contribution >= 4 is 60.0 Å². The lowest BCUT2D eigenvalue weighted by atomic mass is 10.1. The first kappa shape index (κ1) is 22.7. The highest BCUT2D eigenvalue weighted by molar-refractivity contribution is 7.93. The molecule has 1 aromatic heterocycles. The lowest BCUT2D eigenvalue weighted by molar-refractivity contribution is -0.255. The maximum absolute atomic E-state index is 13.7. The standard InChI is InChI=1S/C23H19NO7S2/c1-2-3-8-20(25)24(33(29,30)15-11-9-14(10-12-15)22(26)27)18-13-19-21(31-23(28)32-19)17-7-5-4-6-16(17)18/h4-7,9-13H,2-3,8H2,1H3,(H,26,27)/p-1. The molecule has 0 fully saturated rings. The quantitative estimate of drug-likeness (QED) is 0.394. The zero-order valence-corrected chi connectivity index (χ0v) is 19.1. The number of benzene rings is 3. The summed E-state index contributed by atoms with van der Waals surface area (Å²) in [5, 5.41) is 12.0. The summed E-state index contributed by atoms with van der Waals surface area (Å²) in [5.41, 5.74) is 0.231. The van der Waals surface area contributed by atoms with Gasteiger partial charge < -0.3 is 14.3 Å². The predicted octanol–water partition coefficient (Wildman–Crippen LogP) is 3.28. The van der Waals surface area contributed by atoms with Gasteiger partial charge in [0.2, 0.25) is 5.91 Å². The molecule has 0 spiro atoms. The average molecular weight is 485 g/mol. The predicted molar refractivity (Wildman–Crippen MR) is 123 cm³/mol. The van der Waals surface area contributed by atoms with Crippen molar-refractivity contribution in [1.82, 2.24) is 0 Å². The summed E-state index contributed by atoms with van der Waals surface area (Å²) in [4.78, 5) is 35.4. The van der Waals surface area contributed by atoms with Gasteiger partial charge >= 0.3 is 4.94 Å². The van der Waals surface area contributed by atoms with Gasteiger partial charge in [0.05, 0.1) is 21.3 Å². The minimum Gasteiger partial charge on any atom is -0.545 e. The monoisotopic (exact) mass is 484 g/mol. The molecule has 0 radical (unpaired) electrons. The summed E-state index contributed by atoms with van der Waals surface area (Å²) in [5.74, 6) is -2.08. The molecule has 0 atom stereocenters. The summed E-state index contributed by atoms with van der Waals surface area (Å²) >= 11 is 0.813. The van der Waals surface area contributed by atoms with Crippen molar-refractivity contribution in [2.45, 2.75) is 31.1 Å². The number of carbonyl (C=O) groups is 2. The van der Waals surface area contributed by atoms with Gasteiger partial charge in [0.1, 0.15) is 0 Å². The Labute approximate surface area is 192 Å². The number of hydrogen-bond donors (Lipinski definition) is 0. The van der Waals surface area contributed by atoms with E-state index in [1.807, 2.05) is 6.92 Å². The fourth-order valence-electron chi connectivity index (χ4n) is 3.54. The fraction of sp³-hybridized carbons (Fsp3) is 0.174. The lowest BCUT2D eigenvalue weighted by Gasteiger charge is -2.24. The second-order valence-corrected chi connectivity index (χ2v) is 10.1. The van der Waals surface area contributed by atoms with Crippen LogP contribution in [0.4, 0.5) is 5.69 Å². The second kappa shape index (κ2) is 8.80. The molecule has 0 saturated carbocycles. The van der Waals surface area contributed by atoms with Gasteiger partial charge in [0, 0.05) is 17.2 Å². The van der Waals surface area contributed by atoms with Gasteiger partial charge in [-0.25, -0.2) is 17.5 Å². The number of fused-ring (bicyclic) bond motifs is 3. The van der Waals surface area contributed by atoms with E-state index >= 15 is 0 Å². The molecule has 10 heteroatoms. The topological polar surface area (TPSA) is 125 Å². The Bertz CT molecular complexity index is 1530. The largest absolute Gasteiger partial charge is 0.545 e. The number of carbonyl (C=O) groups excluding carboxylic acids is 2. The highest BCUT2D eigenvalue weighted by Gasteiger charge is 2.32. The van der Waals surface area contributed by atoms with Crippen molar-refractivity contribution in [1.29, 1.82) is 0 Å². The number of carboxylic acid groups (broad SMARTS) is 1. The van der Waals surface area contributed by atoms with Crippen LogP contribution < -0.4 is 14.4 Å². The van der Waals surface area contributed by atoms with Crippen molar-refractivity contribution in [3.05, 3.63) is 69.9 Å². The van der Waals surface area contributed by atoms with Gasteiger partial charge in [-0.05, 0) is 30.2 Å². The highest BCUT2D eigenvalue weighted by atomic mass is 32.2. The summed E-state index contributed by atoms with van der Waals surface area (Å²) in [6, 6.07) is 12.7. The lowest BCUT2D eigenvalue weighted by Crippen LogP contribution is -2.37. The summed E-state index contributed by atoms with van der Waals surface area (Å²) in [6.45, 7) is 1.88. The van der Waals surface area contributed by atoms with Crippen molar-refractivity contribution in [3.8, 4) is 0 Å². The Morgan fingerprint density at radius 2 is 1.73 bits per heavy atom. The van der Waals surface area contributed by atoms with Gasteiger partial charge in [-0.1, -0.05) is 61.1 Å². The Morgan fingerprint density at radius 1 is 1.06 bits per heavy atom. The molecule has 3 aromatic carbocycles. The second-order valence-electron chi connectivity index (χ2n) is 7.30. The van der Waals surface area contributed by atoms with Gasteiger partial charge in [0.15, 0.2) is 5.58 Å². The van der Waals surface area contributed by atoms with Crippen LogP contribution >= 0.6 is 11.3 Å². The van der Waals surface area contributed by atoms with E-state index in [0.29, 0.717) is 33.9 Å². The molecule has 0 unspecified atom stereocenters. The normalized spacial score (nSPS) is 11.7. The van der Waals surface area contributed by atoms with E-state index < -0.39 is 26.8 Å². The van der Waals surface area contributed by atoms with Crippen molar-refractivity contribution in [2.24, 2.45) is 0 Å². The van der Waals surface area contributed by atoms with Gasteiger partial charge in [-0.2, -0.15) is 0 Å². The van der Waals surface area contributed by atoms with Gasteiger partial charge in [-0.15, -0.1) is 0 Å². The van der Waals surface area contributed by atoms with E-state index in [-0.39, 0.29) is 22.6 Å². The Hall–Kier alpha value is -3.50. The molecule has 0 bridgehead atoms. The number of amides is 1. The molecule has 4 rings (SSSR count). The van der Waals surface area contributed by atoms with Crippen molar-refractivity contribution < 1.29 is 27.5 Å². The number of unbranched alkanes of at least 4 members (excludes halogenated alkanes) is 1. The molecule has 170 valence electrons. The van der Waals surface area contributed by atoms with Crippen LogP contribution in [-0.4, -0.2) is 20.3 Å². The summed E-state index contributed by atoms with van der Waals surface area (Å²) < 4.78 is 33.8. The Balaban J connectivity index is 1.98. The number of anilines is 1. The number of nitrogens with zero attached hydrogens (tertiary/aromatic N) is 1. The van der Waals surface area contributed by atoms with E-state index in [4.69, 9.17) is 4.42 Å². The van der Waals surface area contributed by atoms with Crippen LogP contribution in [0.5, 0.6) is 0 Å². The molecule has 0 aliphatic rings. The maximum atomic E-state index is 13.7. The van der Waals surface area contributed by atoms with Crippen LogP contribution in [0.1, 0.15) is 36.5 Å². The van der Waals surface area contributed by atoms with Gasteiger partial charge in [-0.3, -0.25) is 4.79 Å². The molecule has 1 amide bonds. The zero-order valence-electron chi connectivity index (χ0n) is 17.4. The fourth-order valence-corrected chi connectivity index (χ4v) is 5.72. The molecule has 0 saturated heterocycles. The highest BCUT2D eigenvalue weighted by Crippen LogP contribution is 2.38. The molecule has 1 heterocycles. The Morgan fingerprint density at radius 3 is 2.36 bits per heavy atom. The minimum atomic E-state index is -4.41. The third kappa shape index (κ3) is 4.14. The van der Waals surface area contributed by atoms with Crippen LogP contribution in [0.3, 0.4) is 0 Å². The first-order chi connectivity index (χ1) is 15.7. The molecule has 0 aliphatic heterocycles. The number of hydrogen-bond acceptors (Lipinski definition) is 8. The maximum Gasteiger partial charge on any atom is 0.396 e. The molecule has 0 N–H and O–H groups in total. The Kier molecular flexibility index (Phi) is 6.05. The average Bonchev–Trinajstić information content (AvgIpc) is 3.18. The van der Waals surface area contributed by atoms with E-state index in [1.54, 1.807) is 24.3 Å². The van der Waals surface area contributed by atoms with E-state index in [2.05, 4.69) is 0 Å². The van der Waals surface area contributed by atoms with Crippen molar-refractivity contribution in [2.75, 3.05) is 4.31 Å². The number of sulfonamides is 1. The third-order valence-corrected chi connectivity index (χ3v) is 7.66. The van der Waals surface area contributed by atoms with E-state index in [0.717, 1.165) is 39.9 Å². The number of aromatic carboxylic acids is 1. The first-order valence-corrected chi connectivity index (χ1v) is 12.3. The zero-order chi connectivity index (χ0) is 23.8. The molecular weight excluding hydrogens is 466 g/mol. The van der Waals surface area contributed by atoms with E-state index in [9.17, 15) is 27.9 Å².